The summed E-state index contributed by atoms with van der Waals surface area (Å²) in [5.74, 6) is -0.344. The maximum Gasteiger partial charge on any atom is 0.323 e. The molecule has 0 aliphatic heterocycles. The molecule has 1 aromatic rings. The molecule has 1 atom stereocenters. The van der Waals surface area contributed by atoms with Gasteiger partial charge >= 0.3 is 5.97 Å². The fraction of sp³-hybridized carbons (Fsp3) is 0.222. The number of halogens is 3. The lowest BCUT2D eigenvalue weighted by molar-refractivity contribution is -0.139. The zero-order chi connectivity index (χ0) is 10.7. The van der Waals surface area contributed by atoms with Crippen LogP contribution in [0.3, 0.4) is 0 Å². The predicted octanol–water partition coefficient (Wildman–Crippen LogP) is 3.71. The number of carbonyl (C=O) groups is 1. The Hall–Kier alpha value is -0.0600. The first-order chi connectivity index (χ1) is 6.56. The van der Waals surface area contributed by atoms with Gasteiger partial charge in [0, 0.05) is 4.47 Å². The van der Waals surface area contributed by atoms with Gasteiger partial charge in [-0.2, -0.15) is 0 Å². The second-order valence-electron chi connectivity index (χ2n) is 2.56. The predicted molar refractivity (Wildman–Crippen MR) is 62.8 cm³/mol. The Morgan fingerprint density at radius 3 is 2.71 bits per heavy atom. The highest BCUT2D eigenvalue weighted by Gasteiger charge is 2.18. The highest BCUT2D eigenvalue weighted by atomic mass is 79.9. The molecule has 1 unspecified atom stereocenters. The van der Waals surface area contributed by atoms with Crippen LogP contribution in [-0.2, 0) is 9.53 Å². The Labute approximate surface area is 104 Å². The minimum absolute atomic E-state index is 0.344. The molecule has 0 heterocycles. The number of esters is 1. The van der Waals surface area contributed by atoms with Crippen LogP contribution in [0.25, 0.3) is 0 Å². The molecule has 0 amide bonds. The number of ether oxygens (including phenoxy) is 1. The van der Waals surface area contributed by atoms with Gasteiger partial charge in [-0.05, 0) is 33.6 Å². The van der Waals surface area contributed by atoms with Gasteiger partial charge in [-0.25, -0.2) is 0 Å². The lowest BCUT2D eigenvalue weighted by Gasteiger charge is -2.08. The van der Waals surface area contributed by atoms with E-state index in [1.807, 2.05) is 0 Å². The van der Waals surface area contributed by atoms with E-state index in [9.17, 15) is 4.79 Å². The molecule has 0 saturated heterocycles. The quantitative estimate of drug-likeness (QED) is 0.605. The lowest BCUT2D eigenvalue weighted by Crippen LogP contribution is -2.07. The first-order valence-electron chi connectivity index (χ1n) is 3.73. The second-order valence-corrected chi connectivity index (χ2v) is 4.74. The van der Waals surface area contributed by atoms with E-state index in [2.05, 4.69) is 36.6 Å². The summed E-state index contributed by atoms with van der Waals surface area (Å²) in [6.07, 6.45) is 0. The zero-order valence-corrected chi connectivity index (χ0v) is 11.2. The Kier molecular flexibility index (Phi) is 4.41. The topological polar surface area (TPSA) is 26.3 Å². The summed E-state index contributed by atoms with van der Waals surface area (Å²) >= 11 is 12.4. The lowest BCUT2D eigenvalue weighted by atomic mass is 10.1. The molecule has 5 heteroatoms. The molecule has 1 rings (SSSR count). The summed E-state index contributed by atoms with van der Waals surface area (Å²) in [7, 11) is 1.34. The monoisotopic (exact) mass is 340 g/mol. The van der Waals surface area contributed by atoms with Gasteiger partial charge in [0.1, 0.15) is 4.83 Å². The maximum absolute atomic E-state index is 11.2. The van der Waals surface area contributed by atoms with Gasteiger partial charge in [-0.15, -0.1) is 0 Å². The van der Waals surface area contributed by atoms with Gasteiger partial charge in [0.25, 0.3) is 0 Å². The molecule has 1 aromatic carbocycles. The van der Waals surface area contributed by atoms with Gasteiger partial charge in [0.15, 0.2) is 0 Å². The van der Waals surface area contributed by atoms with Gasteiger partial charge in [0.05, 0.1) is 12.1 Å². The van der Waals surface area contributed by atoms with Crippen LogP contribution < -0.4 is 0 Å². The molecule has 14 heavy (non-hydrogen) atoms. The largest absolute Gasteiger partial charge is 0.468 e. The number of carbonyl (C=O) groups excluding carboxylic acids is 1. The number of hydrogen-bond acceptors (Lipinski definition) is 2. The van der Waals surface area contributed by atoms with E-state index in [0.29, 0.717) is 5.02 Å². The van der Waals surface area contributed by atoms with Crippen molar-refractivity contribution in [2.24, 2.45) is 0 Å². The summed E-state index contributed by atoms with van der Waals surface area (Å²) in [5.41, 5.74) is 0.769. The Morgan fingerprint density at radius 2 is 2.21 bits per heavy atom. The van der Waals surface area contributed by atoms with Crippen LogP contribution in [0.2, 0.25) is 5.02 Å². The summed E-state index contributed by atoms with van der Waals surface area (Å²) in [4.78, 5) is 10.7. The molecule has 0 fully saturated rings. The van der Waals surface area contributed by atoms with Crippen LogP contribution in [-0.4, -0.2) is 13.1 Å². The minimum Gasteiger partial charge on any atom is -0.468 e. The molecule has 0 aliphatic rings. The first-order valence-corrected chi connectivity index (χ1v) is 5.81. The maximum atomic E-state index is 11.2. The second kappa shape index (κ2) is 5.14. The summed E-state index contributed by atoms with van der Waals surface area (Å²) in [5, 5.41) is 0.566. The number of alkyl halides is 1. The molecular formula is C9H7Br2ClO2. The third-order valence-corrected chi connectivity index (χ3v) is 3.78. The Bertz CT molecular complexity index is 355. The summed E-state index contributed by atoms with van der Waals surface area (Å²) in [6, 6.07) is 5.29. The van der Waals surface area contributed by atoms with Crippen LogP contribution in [0, 0.1) is 0 Å². The highest BCUT2D eigenvalue weighted by molar-refractivity contribution is 9.10. The van der Waals surface area contributed by atoms with Crippen molar-refractivity contribution in [3.63, 3.8) is 0 Å². The smallest absolute Gasteiger partial charge is 0.323 e. The molecule has 0 N–H and O–H groups in total. The standard InChI is InChI=1S/C9H7Br2ClO2/c1-14-9(13)8(11)5-2-3-6(10)7(12)4-5/h2-4,8H,1H3. The van der Waals surface area contributed by atoms with Crippen molar-refractivity contribution < 1.29 is 9.53 Å². The van der Waals surface area contributed by atoms with E-state index in [4.69, 9.17) is 11.6 Å². The van der Waals surface area contributed by atoms with E-state index in [1.54, 1.807) is 18.2 Å². The van der Waals surface area contributed by atoms with Crippen LogP contribution in [0.1, 0.15) is 10.4 Å². The van der Waals surface area contributed by atoms with Crippen molar-refractivity contribution >= 4 is 49.4 Å². The third kappa shape index (κ3) is 2.72. The van der Waals surface area contributed by atoms with Gasteiger partial charge in [-0.3, -0.25) is 4.79 Å². The SMILES string of the molecule is COC(=O)C(Br)c1ccc(Br)c(Cl)c1. The van der Waals surface area contributed by atoms with Gasteiger partial charge in [0.2, 0.25) is 0 Å². The molecule has 0 aromatic heterocycles. The molecule has 0 radical (unpaired) electrons. The fourth-order valence-electron chi connectivity index (χ4n) is 0.910. The number of methoxy groups -OCH3 is 1. The van der Waals surface area contributed by atoms with Crippen molar-refractivity contribution in [1.82, 2.24) is 0 Å². The van der Waals surface area contributed by atoms with Crippen LogP contribution >= 0.6 is 43.5 Å². The van der Waals surface area contributed by atoms with Crippen molar-refractivity contribution in [1.29, 1.82) is 0 Å². The number of rotatable bonds is 2. The normalized spacial score (nSPS) is 12.3. The summed E-state index contributed by atoms with van der Waals surface area (Å²) in [6.45, 7) is 0. The van der Waals surface area contributed by atoms with Crippen LogP contribution in [0.5, 0.6) is 0 Å². The van der Waals surface area contributed by atoms with Crippen molar-refractivity contribution in [2.45, 2.75) is 4.83 Å². The Morgan fingerprint density at radius 1 is 1.57 bits per heavy atom. The number of hydrogen-bond donors (Lipinski definition) is 0. The highest BCUT2D eigenvalue weighted by Crippen LogP contribution is 2.30. The van der Waals surface area contributed by atoms with Gasteiger partial charge in [-0.1, -0.05) is 33.6 Å². The first kappa shape index (κ1) is 12.0. The molecular weight excluding hydrogens is 335 g/mol. The minimum atomic E-state index is -0.474. The average molecular weight is 342 g/mol. The average Bonchev–Trinajstić information content (AvgIpc) is 2.20. The van der Waals surface area contributed by atoms with E-state index < -0.39 is 4.83 Å². The van der Waals surface area contributed by atoms with Crippen LogP contribution in [0.15, 0.2) is 22.7 Å². The molecule has 0 saturated carbocycles. The van der Waals surface area contributed by atoms with Crippen LogP contribution in [0.4, 0.5) is 0 Å². The molecule has 0 bridgehead atoms. The summed E-state index contributed by atoms with van der Waals surface area (Å²) < 4.78 is 5.39. The van der Waals surface area contributed by atoms with Crippen molar-refractivity contribution in [2.75, 3.05) is 7.11 Å². The molecule has 0 aliphatic carbocycles. The third-order valence-electron chi connectivity index (χ3n) is 1.64. The number of benzene rings is 1. The molecule has 76 valence electrons. The molecule has 0 spiro atoms. The van der Waals surface area contributed by atoms with Crippen molar-refractivity contribution in [3.8, 4) is 0 Å². The zero-order valence-electron chi connectivity index (χ0n) is 7.26. The Balaban J connectivity index is 2.96. The van der Waals surface area contributed by atoms with Gasteiger partial charge < -0.3 is 4.74 Å². The van der Waals surface area contributed by atoms with E-state index in [0.717, 1.165) is 10.0 Å². The van der Waals surface area contributed by atoms with Crippen molar-refractivity contribution in [3.05, 3.63) is 33.3 Å². The van der Waals surface area contributed by atoms with E-state index in [-0.39, 0.29) is 5.97 Å². The van der Waals surface area contributed by atoms with E-state index >= 15 is 0 Å². The fourth-order valence-corrected chi connectivity index (χ4v) is 1.82. The van der Waals surface area contributed by atoms with E-state index in [1.165, 1.54) is 7.11 Å². The molecule has 2 nitrogen and oxygen atoms in total.